The van der Waals surface area contributed by atoms with Crippen molar-refractivity contribution in [1.29, 1.82) is 0 Å². The van der Waals surface area contributed by atoms with Crippen molar-refractivity contribution in [3.8, 4) is 5.75 Å². The second-order valence-corrected chi connectivity index (χ2v) is 5.43. The fourth-order valence-electron chi connectivity index (χ4n) is 2.11. The van der Waals surface area contributed by atoms with E-state index in [4.69, 9.17) is 4.74 Å². The minimum absolute atomic E-state index is 0.0804. The number of imide groups is 1. The summed E-state index contributed by atoms with van der Waals surface area (Å²) in [4.78, 5) is 40.3. The summed E-state index contributed by atoms with van der Waals surface area (Å²) in [7, 11) is 1.50. The van der Waals surface area contributed by atoms with E-state index in [0.29, 0.717) is 11.4 Å². The summed E-state index contributed by atoms with van der Waals surface area (Å²) in [5.74, 6) is -1.97. The molecule has 0 bridgehead atoms. The van der Waals surface area contributed by atoms with E-state index in [0.717, 1.165) is 16.7 Å². The minimum atomic E-state index is -0.840. The fourth-order valence-corrected chi connectivity index (χ4v) is 2.93. The van der Waals surface area contributed by atoms with Crippen LogP contribution in [0.4, 0.5) is 5.69 Å². The van der Waals surface area contributed by atoms with Gasteiger partial charge in [-0.2, -0.15) is 0 Å². The standard InChI is InChI=1S/C14H10N2O5S/c1-21-8-4-2-7(3-5-8)16-13(19)10(11(18)14(16)20)12-15-9(17)6-22-12/h2-5,18H,6H2,1H3. The highest BCUT2D eigenvalue weighted by Crippen LogP contribution is 2.32. The Bertz CT molecular complexity index is 751. The molecule has 0 spiro atoms. The van der Waals surface area contributed by atoms with Crippen LogP contribution in [0.2, 0.25) is 0 Å². The predicted molar refractivity (Wildman–Crippen MR) is 80.0 cm³/mol. The lowest BCUT2D eigenvalue weighted by Gasteiger charge is -2.14. The molecule has 1 aromatic rings. The van der Waals surface area contributed by atoms with Gasteiger partial charge in [-0.25, -0.2) is 9.89 Å². The van der Waals surface area contributed by atoms with Crippen molar-refractivity contribution < 1.29 is 24.2 Å². The number of anilines is 1. The van der Waals surface area contributed by atoms with Crippen molar-refractivity contribution in [2.24, 2.45) is 4.99 Å². The second kappa shape index (κ2) is 5.30. The second-order valence-electron chi connectivity index (χ2n) is 4.47. The molecule has 22 heavy (non-hydrogen) atoms. The Morgan fingerprint density at radius 2 is 1.86 bits per heavy atom. The maximum Gasteiger partial charge on any atom is 0.301 e. The SMILES string of the molecule is COc1ccc(N2C(=O)C(O)=C(C3=NC(=O)CS3)C2=O)cc1. The fraction of sp³-hybridized carbons (Fsp3) is 0.143. The molecule has 0 saturated heterocycles. The molecule has 1 N–H and O–H groups in total. The first kappa shape index (κ1) is 14.3. The summed E-state index contributed by atoms with van der Waals surface area (Å²) in [6.45, 7) is 0. The van der Waals surface area contributed by atoms with E-state index in [2.05, 4.69) is 4.99 Å². The van der Waals surface area contributed by atoms with E-state index in [1.807, 2.05) is 0 Å². The number of thioether (sulfide) groups is 1. The van der Waals surface area contributed by atoms with Crippen LogP contribution >= 0.6 is 11.8 Å². The quantitative estimate of drug-likeness (QED) is 0.837. The number of aliphatic hydroxyl groups excluding tert-OH is 1. The third-order valence-electron chi connectivity index (χ3n) is 3.16. The number of hydrogen-bond donors (Lipinski definition) is 1. The number of nitrogens with zero attached hydrogens (tertiary/aromatic N) is 2. The Balaban J connectivity index is 1.97. The summed E-state index contributed by atoms with van der Waals surface area (Å²) >= 11 is 1.02. The molecular weight excluding hydrogens is 308 g/mol. The largest absolute Gasteiger partial charge is 0.502 e. The van der Waals surface area contributed by atoms with Gasteiger partial charge in [0.2, 0.25) is 0 Å². The van der Waals surface area contributed by atoms with Crippen molar-refractivity contribution >= 4 is 40.2 Å². The third-order valence-corrected chi connectivity index (χ3v) is 4.12. The van der Waals surface area contributed by atoms with Crippen LogP contribution < -0.4 is 9.64 Å². The highest BCUT2D eigenvalue weighted by Gasteiger charge is 2.43. The van der Waals surface area contributed by atoms with Crippen LogP contribution in [0.5, 0.6) is 5.75 Å². The van der Waals surface area contributed by atoms with E-state index in [1.165, 1.54) is 19.2 Å². The molecule has 2 aliphatic rings. The maximum atomic E-state index is 12.4. The molecule has 1 aromatic carbocycles. The van der Waals surface area contributed by atoms with E-state index in [1.54, 1.807) is 12.1 Å². The van der Waals surface area contributed by atoms with Gasteiger partial charge in [-0.05, 0) is 24.3 Å². The Hall–Kier alpha value is -2.61. The van der Waals surface area contributed by atoms with E-state index >= 15 is 0 Å². The average Bonchev–Trinajstić information content (AvgIpc) is 3.02. The van der Waals surface area contributed by atoms with Gasteiger partial charge in [-0.1, -0.05) is 11.8 Å². The topological polar surface area (TPSA) is 96.3 Å². The minimum Gasteiger partial charge on any atom is -0.502 e. The van der Waals surface area contributed by atoms with Crippen LogP contribution in [-0.4, -0.2) is 40.7 Å². The Kier molecular flexibility index (Phi) is 3.45. The number of benzene rings is 1. The normalized spacial score (nSPS) is 18.3. The van der Waals surface area contributed by atoms with Gasteiger partial charge in [0.25, 0.3) is 11.8 Å². The van der Waals surface area contributed by atoms with Crippen LogP contribution in [0.25, 0.3) is 0 Å². The molecule has 0 aliphatic carbocycles. The van der Waals surface area contributed by atoms with Crippen LogP contribution in [0.15, 0.2) is 40.6 Å². The van der Waals surface area contributed by atoms with Crippen LogP contribution in [0, 0.1) is 0 Å². The van der Waals surface area contributed by atoms with Crippen molar-refractivity contribution in [2.75, 3.05) is 17.8 Å². The lowest BCUT2D eigenvalue weighted by molar-refractivity contribution is -0.121. The number of amides is 3. The lowest BCUT2D eigenvalue weighted by atomic mass is 10.2. The molecule has 8 heteroatoms. The van der Waals surface area contributed by atoms with Gasteiger partial charge >= 0.3 is 5.91 Å². The zero-order chi connectivity index (χ0) is 15.9. The van der Waals surface area contributed by atoms with E-state index in [9.17, 15) is 19.5 Å². The number of carbonyl (C=O) groups is 3. The first-order valence-corrected chi connectivity index (χ1v) is 7.22. The van der Waals surface area contributed by atoms with Gasteiger partial charge in [0.15, 0.2) is 5.76 Å². The molecule has 0 fully saturated rings. The third kappa shape index (κ3) is 2.17. The summed E-state index contributed by atoms with van der Waals surface area (Å²) in [6, 6.07) is 6.24. The highest BCUT2D eigenvalue weighted by molar-refractivity contribution is 8.15. The summed E-state index contributed by atoms with van der Waals surface area (Å²) in [5, 5.41) is 10.0. The number of hydrogen-bond acceptors (Lipinski definition) is 6. The van der Waals surface area contributed by atoms with Crippen molar-refractivity contribution in [3.05, 3.63) is 35.6 Å². The molecule has 2 aliphatic heterocycles. The molecule has 0 saturated carbocycles. The zero-order valence-corrected chi connectivity index (χ0v) is 12.2. The number of aliphatic imine (C=N–C) groups is 1. The molecule has 0 aromatic heterocycles. The molecule has 0 atom stereocenters. The smallest absolute Gasteiger partial charge is 0.301 e. The van der Waals surface area contributed by atoms with Crippen molar-refractivity contribution in [3.63, 3.8) is 0 Å². The summed E-state index contributed by atoms with van der Waals surface area (Å²) in [6.07, 6.45) is 0. The Labute approximate surface area is 129 Å². The predicted octanol–water partition coefficient (Wildman–Crippen LogP) is 1.05. The number of rotatable bonds is 3. The van der Waals surface area contributed by atoms with Gasteiger partial charge in [0.05, 0.1) is 18.6 Å². The number of carbonyl (C=O) groups excluding carboxylic acids is 3. The molecule has 2 heterocycles. The van der Waals surface area contributed by atoms with E-state index < -0.39 is 23.5 Å². The van der Waals surface area contributed by atoms with Gasteiger partial charge < -0.3 is 9.84 Å². The lowest BCUT2D eigenvalue weighted by Crippen LogP contribution is -2.32. The highest BCUT2D eigenvalue weighted by atomic mass is 32.2. The molecule has 3 rings (SSSR count). The van der Waals surface area contributed by atoms with Crippen LogP contribution in [-0.2, 0) is 14.4 Å². The average molecular weight is 318 g/mol. The van der Waals surface area contributed by atoms with Crippen molar-refractivity contribution in [1.82, 2.24) is 0 Å². The first-order chi connectivity index (χ1) is 10.5. The Morgan fingerprint density at radius 1 is 1.18 bits per heavy atom. The van der Waals surface area contributed by atoms with Gasteiger partial charge in [-0.3, -0.25) is 14.4 Å². The van der Waals surface area contributed by atoms with Gasteiger partial charge in [-0.15, -0.1) is 0 Å². The van der Waals surface area contributed by atoms with Gasteiger partial charge in [0, 0.05) is 0 Å². The van der Waals surface area contributed by atoms with Crippen LogP contribution in [0.3, 0.4) is 0 Å². The number of methoxy groups -OCH3 is 1. The molecular formula is C14H10N2O5S. The maximum absolute atomic E-state index is 12.4. The summed E-state index contributed by atoms with van der Waals surface area (Å²) in [5.41, 5.74) is 0.0731. The first-order valence-electron chi connectivity index (χ1n) is 6.23. The monoisotopic (exact) mass is 318 g/mol. The molecule has 3 amide bonds. The van der Waals surface area contributed by atoms with Gasteiger partial charge in [0.1, 0.15) is 16.4 Å². The summed E-state index contributed by atoms with van der Waals surface area (Å²) < 4.78 is 5.01. The molecule has 112 valence electrons. The van der Waals surface area contributed by atoms with E-state index in [-0.39, 0.29) is 16.4 Å². The molecule has 0 unspecified atom stereocenters. The number of ether oxygens (including phenoxy) is 1. The van der Waals surface area contributed by atoms with Crippen molar-refractivity contribution in [2.45, 2.75) is 0 Å². The zero-order valence-electron chi connectivity index (χ0n) is 11.4. The van der Waals surface area contributed by atoms with Crippen LogP contribution in [0.1, 0.15) is 0 Å². The number of aliphatic hydroxyl groups is 1. The molecule has 0 radical (unpaired) electrons. The Morgan fingerprint density at radius 3 is 2.41 bits per heavy atom. The molecule has 7 nitrogen and oxygen atoms in total.